The zero-order valence-corrected chi connectivity index (χ0v) is 13.2. The summed E-state index contributed by atoms with van der Waals surface area (Å²) in [4.78, 5) is 22.4. The molecule has 1 rings (SSSR count). The Bertz CT molecular complexity index is 489. The zero-order valence-electron chi connectivity index (χ0n) is 12.4. The summed E-state index contributed by atoms with van der Waals surface area (Å²) in [6.45, 7) is 1.58. The summed E-state index contributed by atoms with van der Waals surface area (Å²) >= 11 is 0. The molecule has 8 heteroatoms. The van der Waals surface area contributed by atoms with Crippen LogP contribution in [0.15, 0.2) is 0 Å². The van der Waals surface area contributed by atoms with E-state index in [2.05, 4.69) is 9.46 Å². The molecule has 0 spiro atoms. The summed E-state index contributed by atoms with van der Waals surface area (Å²) in [5.74, 6) is -1.66. The third kappa shape index (κ3) is 4.96. The molecule has 2 unspecified atom stereocenters. The molecule has 2 atom stereocenters. The second-order valence-electron chi connectivity index (χ2n) is 5.64. The number of hydrogen-bond acceptors (Lipinski definition) is 5. The minimum atomic E-state index is -3.61. The largest absolute Gasteiger partial charge is 0.481 e. The summed E-state index contributed by atoms with van der Waals surface area (Å²) < 4.78 is 31.0. The topological polar surface area (TPSA) is 110 Å². The lowest BCUT2D eigenvalue weighted by atomic mass is 9.72. The van der Waals surface area contributed by atoms with Gasteiger partial charge in [-0.15, -0.1) is 0 Å². The molecule has 0 aliphatic heterocycles. The number of methoxy groups -OCH3 is 1. The molecule has 21 heavy (non-hydrogen) atoms. The van der Waals surface area contributed by atoms with E-state index in [1.165, 1.54) is 7.11 Å². The molecule has 1 saturated carbocycles. The Balaban J connectivity index is 2.64. The Labute approximate surface area is 125 Å². The van der Waals surface area contributed by atoms with Gasteiger partial charge in [0.1, 0.15) is 0 Å². The second-order valence-corrected chi connectivity index (χ2v) is 7.51. The number of ether oxygens (including phenoxy) is 1. The smallest absolute Gasteiger partial charge is 0.310 e. The lowest BCUT2D eigenvalue weighted by Crippen LogP contribution is -2.52. The van der Waals surface area contributed by atoms with Crippen LogP contribution in [-0.4, -0.2) is 44.4 Å². The van der Waals surface area contributed by atoms with E-state index in [9.17, 15) is 23.1 Å². The van der Waals surface area contributed by atoms with Gasteiger partial charge in [0, 0.05) is 12.5 Å². The Morgan fingerprint density at radius 2 is 2.05 bits per heavy atom. The van der Waals surface area contributed by atoms with Gasteiger partial charge in [0.05, 0.1) is 18.3 Å². The van der Waals surface area contributed by atoms with Gasteiger partial charge in [0.15, 0.2) is 0 Å². The van der Waals surface area contributed by atoms with Gasteiger partial charge in [0.25, 0.3) is 0 Å². The standard InChI is InChI=1S/C13H23NO6S/c1-13(12(16)17)8-4-3-6-10(13)14-21(18,19)9-5-7-11(15)20-2/h10,14H,3-9H2,1-2H3,(H,16,17). The third-order valence-electron chi connectivity index (χ3n) is 4.04. The summed E-state index contributed by atoms with van der Waals surface area (Å²) in [6.07, 6.45) is 2.73. The number of hydrogen-bond donors (Lipinski definition) is 2. The molecule has 0 aromatic heterocycles. The molecule has 0 aromatic rings. The van der Waals surface area contributed by atoms with E-state index in [0.29, 0.717) is 12.8 Å². The quantitative estimate of drug-likeness (QED) is 0.674. The van der Waals surface area contributed by atoms with Crippen molar-refractivity contribution in [2.24, 2.45) is 5.41 Å². The molecule has 0 radical (unpaired) electrons. The van der Waals surface area contributed by atoms with Gasteiger partial charge in [-0.3, -0.25) is 9.59 Å². The lowest BCUT2D eigenvalue weighted by Gasteiger charge is -2.38. The number of carboxylic acid groups (broad SMARTS) is 1. The predicted octanol–water partition coefficient (Wildman–Crippen LogP) is 0.892. The van der Waals surface area contributed by atoms with Gasteiger partial charge in [-0.2, -0.15) is 0 Å². The number of rotatable bonds is 7. The fraction of sp³-hybridized carbons (Fsp3) is 0.846. The Kier molecular flexibility index (Phi) is 6.15. The predicted molar refractivity (Wildman–Crippen MR) is 76.2 cm³/mol. The maximum atomic E-state index is 12.0. The highest BCUT2D eigenvalue weighted by molar-refractivity contribution is 7.89. The lowest BCUT2D eigenvalue weighted by molar-refractivity contribution is -0.151. The highest BCUT2D eigenvalue weighted by Crippen LogP contribution is 2.36. The van der Waals surface area contributed by atoms with Crippen LogP contribution in [0, 0.1) is 5.41 Å². The van der Waals surface area contributed by atoms with Crippen molar-refractivity contribution in [2.75, 3.05) is 12.9 Å². The van der Waals surface area contributed by atoms with Crippen LogP contribution in [-0.2, 0) is 24.3 Å². The van der Waals surface area contributed by atoms with Crippen LogP contribution in [0.4, 0.5) is 0 Å². The molecule has 2 N–H and O–H groups in total. The number of carbonyl (C=O) groups excluding carboxylic acids is 1. The number of carboxylic acids is 1. The summed E-state index contributed by atoms with van der Waals surface area (Å²) in [5.41, 5.74) is -1.08. The second kappa shape index (κ2) is 7.22. The molecule has 0 amide bonds. The number of aliphatic carboxylic acids is 1. The first-order valence-corrected chi connectivity index (χ1v) is 8.67. The highest BCUT2D eigenvalue weighted by Gasteiger charge is 2.44. The molecule has 0 saturated heterocycles. The molecule has 1 aliphatic carbocycles. The van der Waals surface area contributed by atoms with E-state index in [0.717, 1.165) is 12.8 Å². The van der Waals surface area contributed by atoms with Gasteiger partial charge in [0.2, 0.25) is 10.0 Å². The van der Waals surface area contributed by atoms with E-state index in [1.807, 2.05) is 0 Å². The van der Waals surface area contributed by atoms with Crippen molar-refractivity contribution >= 4 is 22.0 Å². The highest BCUT2D eigenvalue weighted by atomic mass is 32.2. The molecule has 122 valence electrons. The Morgan fingerprint density at radius 1 is 1.38 bits per heavy atom. The summed E-state index contributed by atoms with van der Waals surface area (Å²) in [5, 5.41) is 9.35. The molecular formula is C13H23NO6S. The van der Waals surface area contributed by atoms with Crippen molar-refractivity contribution in [3.63, 3.8) is 0 Å². The van der Waals surface area contributed by atoms with Crippen molar-refractivity contribution in [1.82, 2.24) is 4.72 Å². The van der Waals surface area contributed by atoms with E-state index in [1.54, 1.807) is 6.92 Å². The third-order valence-corrected chi connectivity index (χ3v) is 5.51. The van der Waals surface area contributed by atoms with Crippen molar-refractivity contribution in [1.29, 1.82) is 0 Å². The Morgan fingerprint density at radius 3 is 2.62 bits per heavy atom. The first kappa shape index (κ1) is 17.9. The van der Waals surface area contributed by atoms with Gasteiger partial charge < -0.3 is 9.84 Å². The van der Waals surface area contributed by atoms with Crippen LogP contribution in [0.5, 0.6) is 0 Å². The summed E-state index contributed by atoms with van der Waals surface area (Å²) in [6, 6.07) is -0.605. The van der Waals surface area contributed by atoms with E-state index in [-0.39, 0.29) is 18.6 Å². The number of sulfonamides is 1. The average Bonchev–Trinajstić information content (AvgIpc) is 2.40. The van der Waals surface area contributed by atoms with Crippen molar-refractivity contribution in [3.05, 3.63) is 0 Å². The van der Waals surface area contributed by atoms with Gasteiger partial charge in [-0.1, -0.05) is 12.8 Å². The maximum absolute atomic E-state index is 12.0. The van der Waals surface area contributed by atoms with Crippen molar-refractivity contribution in [3.8, 4) is 0 Å². The average molecular weight is 321 g/mol. The number of nitrogens with one attached hydrogen (secondary N) is 1. The normalized spacial score (nSPS) is 26.3. The minimum Gasteiger partial charge on any atom is -0.481 e. The summed E-state index contributed by atoms with van der Waals surface area (Å²) in [7, 11) is -2.37. The number of carbonyl (C=O) groups is 2. The van der Waals surface area contributed by atoms with Gasteiger partial charge in [-0.25, -0.2) is 13.1 Å². The molecular weight excluding hydrogens is 298 g/mol. The molecule has 0 heterocycles. The maximum Gasteiger partial charge on any atom is 0.310 e. The van der Waals surface area contributed by atoms with Gasteiger partial charge in [-0.05, 0) is 26.2 Å². The van der Waals surface area contributed by atoms with Crippen molar-refractivity contribution < 1.29 is 27.9 Å². The van der Waals surface area contributed by atoms with Crippen LogP contribution in [0.2, 0.25) is 0 Å². The first-order valence-electron chi connectivity index (χ1n) is 7.01. The van der Waals surface area contributed by atoms with E-state index in [4.69, 9.17) is 0 Å². The number of esters is 1. The molecule has 7 nitrogen and oxygen atoms in total. The zero-order chi connectivity index (χ0) is 16.1. The van der Waals surface area contributed by atoms with Gasteiger partial charge >= 0.3 is 11.9 Å². The van der Waals surface area contributed by atoms with Crippen LogP contribution in [0.3, 0.4) is 0 Å². The SMILES string of the molecule is COC(=O)CCCS(=O)(=O)NC1CCCCC1(C)C(=O)O. The monoisotopic (exact) mass is 321 g/mol. The molecule has 1 aliphatic rings. The van der Waals surface area contributed by atoms with Crippen LogP contribution >= 0.6 is 0 Å². The molecule has 1 fully saturated rings. The molecule has 0 aromatic carbocycles. The Hall–Kier alpha value is -1.15. The van der Waals surface area contributed by atoms with Crippen LogP contribution in [0.25, 0.3) is 0 Å². The first-order chi connectivity index (χ1) is 9.71. The molecule has 0 bridgehead atoms. The fourth-order valence-corrected chi connectivity index (χ4v) is 4.02. The van der Waals surface area contributed by atoms with Crippen LogP contribution < -0.4 is 4.72 Å². The van der Waals surface area contributed by atoms with Crippen LogP contribution in [0.1, 0.15) is 45.4 Å². The van der Waals surface area contributed by atoms with Crippen molar-refractivity contribution in [2.45, 2.75) is 51.5 Å². The van der Waals surface area contributed by atoms with E-state index < -0.39 is 33.4 Å². The van der Waals surface area contributed by atoms with E-state index >= 15 is 0 Å². The fourth-order valence-electron chi connectivity index (χ4n) is 2.56. The minimum absolute atomic E-state index is 0.0261.